The summed E-state index contributed by atoms with van der Waals surface area (Å²) < 4.78 is 5.17. The second-order valence-electron chi connectivity index (χ2n) is 5.95. The summed E-state index contributed by atoms with van der Waals surface area (Å²) in [4.78, 5) is 24.2. The van der Waals surface area contributed by atoms with E-state index in [2.05, 4.69) is 22.9 Å². The standard InChI is InChI=1S/C18H24ClN3O3/c1-4-14-16(17(23)25-5-2)15(22-18(24)21-14)10-20-11(3)12-6-8-13(19)9-7-12/h6-9,11,14,20H,4-5,10H2,1-3H3,(H2,21,22,24)/p+1/t11-,14-/m0/s1. The first-order chi connectivity index (χ1) is 12.0. The molecule has 0 aliphatic carbocycles. The van der Waals surface area contributed by atoms with Crippen molar-refractivity contribution in [2.45, 2.75) is 39.3 Å². The first-order valence-electron chi connectivity index (χ1n) is 8.52. The van der Waals surface area contributed by atoms with Crippen LogP contribution >= 0.6 is 11.6 Å². The third-order valence-corrected chi connectivity index (χ3v) is 4.47. The van der Waals surface area contributed by atoms with Gasteiger partial charge >= 0.3 is 12.0 Å². The van der Waals surface area contributed by atoms with Crippen LogP contribution in [0.3, 0.4) is 0 Å². The average Bonchev–Trinajstić information content (AvgIpc) is 2.59. The quantitative estimate of drug-likeness (QED) is 0.644. The van der Waals surface area contributed by atoms with Crippen LogP contribution in [0, 0.1) is 0 Å². The van der Waals surface area contributed by atoms with Gasteiger partial charge < -0.3 is 20.7 Å². The molecule has 2 atom stereocenters. The van der Waals surface area contributed by atoms with Crippen molar-refractivity contribution in [1.82, 2.24) is 10.6 Å². The summed E-state index contributed by atoms with van der Waals surface area (Å²) in [7, 11) is 0. The monoisotopic (exact) mass is 366 g/mol. The Hall–Kier alpha value is -2.05. The van der Waals surface area contributed by atoms with Crippen LogP contribution in [0.2, 0.25) is 5.02 Å². The molecule has 0 radical (unpaired) electrons. The van der Waals surface area contributed by atoms with E-state index in [4.69, 9.17) is 16.3 Å². The summed E-state index contributed by atoms with van der Waals surface area (Å²) in [5.74, 6) is -0.385. The van der Waals surface area contributed by atoms with Gasteiger partial charge in [-0.2, -0.15) is 0 Å². The number of benzene rings is 1. The van der Waals surface area contributed by atoms with E-state index in [-0.39, 0.29) is 24.1 Å². The van der Waals surface area contributed by atoms with Crippen molar-refractivity contribution in [2.24, 2.45) is 0 Å². The van der Waals surface area contributed by atoms with Crippen LogP contribution < -0.4 is 16.0 Å². The number of carbonyl (C=O) groups is 2. The normalized spacial score (nSPS) is 18.4. The molecule has 1 aromatic rings. The molecule has 0 saturated carbocycles. The second kappa shape index (κ2) is 8.87. The molecule has 4 N–H and O–H groups in total. The second-order valence-corrected chi connectivity index (χ2v) is 6.39. The molecule has 1 aromatic carbocycles. The number of ether oxygens (including phenoxy) is 1. The summed E-state index contributed by atoms with van der Waals surface area (Å²) in [5, 5.41) is 8.30. The maximum Gasteiger partial charge on any atom is 0.338 e. The molecule has 6 nitrogen and oxygen atoms in total. The van der Waals surface area contributed by atoms with Crippen LogP contribution in [0.25, 0.3) is 0 Å². The van der Waals surface area contributed by atoms with Crippen molar-refractivity contribution in [1.29, 1.82) is 0 Å². The van der Waals surface area contributed by atoms with E-state index in [1.54, 1.807) is 6.92 Å². The number of quaternary nitrogens is 1. The van der Waals surface area contributed by atoms with Crippen molar-refractivity contribution in [3.05, 3.63) is 46.1 Å². The predicted molar refractivity (Wildman–Crippen MR) is 96.1 cm³/mol. The van der Waals surface area contributed by atoms with E-state index in [1.165, 1.54) is 0 Å². The maximum atomic E-state index is 12.3. The summed E-state index contributed by atoms with van der Waals surface area (Å²) >= 11 is 5.92. The van der Waals surface area contributed by atoms with Gasteiger partial charge in [-0.15, -0.1) is 0 Å². The van der Waals surface area contributed by atoms with Crippen LogP contribution in [0.5, 0.6) is 0 Å². The highest BCUT2D eigenvalue weighted by atomic mass is 35.5. The lowest BCUT2D eigenvalue weighted by molar-refractivity contribution is -0.686. The Morgan fingerprint density at radius 3 is 2.60 bits per heavy atom. The smallest absolute Gasteiger partial charge is 0.338 e. The lowest BCUT2D eigenvalue weighted by atomic mass is 10.00. The van der Waals surface area contributed by atoms with E-state index < -0.39 is 0 Å². The van der Waals surface area contributed by atoms with Gasteiger partial charge in [0.05, 0.1) is 23.9 Å². The van der Waals surface area contributed by atoms with E-state index in [0.717, 1.165) is 5.56 Å². The molecule has 0 unspecified atom stereocenters. The lowest BCUT2D eigenvalue weighted by Gasteiger charge is -2.28. The zero-order chi connectivity index (χ0) is 18.4. The van der Waals surface area contributed by atoms with Crippen LogP contribution in [0.1, 0.15) is 38.8 Å². The molecule has 136 valence electrons. The van der Waals surface area contributed by atoms with Crippen LogP contribution in [-0.4, -0.2) is 31.2 Å². The zero-order valence-corrected chi connectivity index (χ0v) is 15.5. The predicted octanol–water partition coefficient (Wildman–Crippen LogP) is 1.87. The highest BCUT2D eigenvalue weighted by molar-refractivity contribution is 6.30. The number of hydrogen-bond donors (Lipinski definition) is 3. The molecule has 0 spiro atoms. The molecule has 1 aliphatic heterocycles. The third kappa shape index (κ3) is 4.96. The lowest BCUT2D eigenvalue weighted by Crippen LogP contribution is -2.86. The molecule has 7 heteroatoms. The number of urea groups is 1. The van der Waals surface area contributed by atoms with Gasteiger partial charge in [-0.1, -0.05) is 30.7 Å². The van der Waals surface area contributed by atoms with Gasteiger partial charge in [0.15, 0.2) is 0 Å². The molecule has 25 heavy (non-hydrogen) atoms. The molecular formula is C18H25ClN3O3+. The Balaban J connectivity index is 2.17. The number of halogens is 1. The minimum Gasteiger partial charge on any atom is -0.463 e. The molecule has 1 heterocycles. The third-order valence-electron chi connectivity index (χ3n) is 4.22. The molecular weight excluding hydrogens is 342 g/mol. The molecule has 2 amide bonds. The van der Waals surface area contributed by atoms with Crippen molar-refractivity contribution >= 4 is 23.6 Å². The van der Waals surface area contributed by atoms with Gasteiger partial charge in [0.2, 0.25) is 0 Å². The number of rotatable bonds is 7. The number of nitrogens with one attached hydrogen (secondary N) is 2. The molecule has 2 rings (SSSR count). The Morgan fingerprint density at radius 1 is 1.32 bits per heavy atom. The van der Waals surface area contributed by atoms with E-state index in [1.807, 2.05) is 31.2 Å². The van der Waals surface area contributed by atoms with E-state index in [0.29, 0.717) is 35.9 Å². The first kappa shape index (κ1) is 19.3. The maximum absolute atomic E-state index is 12.3. The molecule has 0 saturated heterocycles. The SMILES string of the molecule is CCOC(=O)C1=C(C[NH2+][C@@H](C)c2ccc(Cl)cc2)NC(=O)N[C@H]1CC. The topological polar surface area (TPSA) is 84.0 Å². The minimum absolute atomic E-state index is 0.153. The Morgan fingerprint density at radius 2 is 2.00 bits per heavy atom. The fourth-order valence-electron chi connectivity index (χ4n) is 2.82. The van der Waals surface area contributed by atoms with Crippen LogP contribution in [0.15, 0.2) is 35.5 Å². The molecule has 1 aliphatic rings. The number of hydrogen-bond acceptors (Lipinski definition) is 3. The van der Waals surface area contributed by atoms with E-state index in [9.17, 15) is 9.59 Å². The van der Waals surface area contributed by atoms with Crippen molar-refractivity contribution < 1.29 is 19.6 Å². The number of nitrogens with two attached hydrogens (primary N) is 1. The Kier molecular flexibility index (Phi) is 6.84. The minimum atomic E-state index is -0.385. The highest BCUT2D eigenvalue weighted by Gasteiger charge is 2.32. The number of carbonyl (C=O) groups excluding carboxylic acids is 2. The van der Waals surface area contributed by atoms with Gasteiger partial charge in [-0.25, -0.2) is 9.59 Å². The van der Waals surface area contributed by atoms with Crippen LogP contribution in [0.4, 0.5) is 4.79 Å². The van der Waals surface area contributed by atoms with Gasteiger partial charge in [0.1, 0.15) is 12.6 Å². The largest absolute Gasteiger partial charge is 0.463 e. The number of esters is 1. The van der Waals surface area contributed by atoms with Gasteiger partial charge in [0.25, 0.3) is 0 Å². The summed E-state index contributed by atoms with van der Waals surface area (Å²) in [6, 6.07) is 7.18. The van der Waals surface area contributed by atoms with Crippen molar-refractivity contribution in [3.8, 4) is 0 Å². The highest BCUT2D eigenvalue weighted by Crippen LogP contribution is 2.17. The van der Waals surface area contributed by atoms with Crippen molar-refractivity contribution in [2.75, 3.05) is 13.2 Å². The average molecular weight is 367 g/mol. The van der Waals surface area contributed by atoms with Crippen LogP contribution in [-0.2, 0) is 9.53 Å². The first-order valence-corrected chi connectivity index (χ1v) is 8.90. The van der Waals surface area contributed by atoms with E-state index >= 15 is 0 Å². The fraction of sp³-hybridized carbons (Fsp3) is 0.444. The summed E-state index contributed by atoms with van der Waals surface area (Å²) in [6.45, 7) is 6.52. The van der Waals surface area contributed by atoms with Crippen molar-refractivity contribution in [3.63, 3.8) is 0 Å². The van der Waals surface area contributed by atoms with Gasteiger partial charge in [-0.3, -0.25) is 0 Å². The molecule has 0 aromatic heterocycles. The fourth-order valence-corrected chi connectivity index (χ4v) is 2.95. The molecule has 0 fully saturated rings. The Bertz CT molecular complexity index is 658. The molecule has 0 bridgehead atoms. The van der Waals surface area contributed by atoms with Gasteiger partial charge in [0, 0.05) is 10.6 Å². The Labute approximate surface area is 153 Å². The summed E-state index contributed by atoms with van der Waals surface area (Å²) in [6.07, 6.45) is 0.623. The summed E-state index contributed by atoms with van der Waals surface area (Å²) in [5.41, 5.74) is 2.23. The van der Waals surface area contributed by atoms with Gasteiger partial charge in [-0.05, 0) is 32.4 Å². The number of amides is 2. The zero-order valence-electron chi connectivity index (χ0n) is 14.8.